The molecule has 0 heterocycles. The molecule has 18 heavy (non-hydrogen) atoms. The van der Waals surface area contributed by atoms with Gasteiger partial charge in [0, 0.05) is 11.3 Å². The standard InChI is InChI=1S/C13H12N2O2.ClH/c14-11-8-10(6-7-12(11)16)15-13(17)9-4-2-1-3-5-9;/h1-8,16H,14H2,(H,15,17);1H. The Bertz CT molecular complexity index is 544. The van der Waals surface area contributed by atoms with E-state index >= 15 is 0 Å². The van der Waals surface area contributed by atoms with Crippen molar-refractivity contribution < 1.29 is 9.90 Å². The molecule has 0 radical (unpaired) electrons. The minimum absolute atomic E-state index is 0. The topological polar surface area (TPSA) is 75.3 Å². The second-order valence-corrected chi connectivity index (χ2v) is 3.59. The summed E-state index contributed by atoms with van der Waals surface area (Å²) >= 11 is 0. The predicted molar refractivity (Wildman–Crippen MR) is 74.2 cm³/mol. The van der Waals surface area contributed by atoms with Gasteiger partial charge < -0.3 is 16.2 Å². The Balaban J connectivity index is 0.00000162. The summed E-state index contributed by atoms with van der Waals surface area (Å²) in [5.41, 5.74) is 6.88. The lowest BCUT2D eigenvalue weighted by atomic mass is 10.2. The van der Waals surface area contributed by atoms with Gasteiger partial charge in [0.25, 0.3) is 5.91 Å². The first kappa shape index (κ1) is 13.9. The molecule has 0 unspecified atom stereocenters. The van der Waals surface area contributed by atoms with Crippen LogP contribution in [-0.4, -0.2) is 11.0 Å². The van der Waals surface area contributed by atoms with Crippen molar-refractivity contribution in [1.82, 2.24) is 0 Å². The minimum Gasteiger partial charge on any atom is -0.506 e. The monoisotopic (exact) mass is 264 g/mol. The van der Waals surface area contributed by atoms with Crippen LogP contribution in [0.4, 0.5) is 11.4 Å². The third kappa shape index (κ3) is 3.15. The highest BCUT2D eigenvalue weighted by molar-refractivity contribution is 6.04. The second kappa shape index (κ2) is 5.93. The fourth-order valence-corrected chi connectivity index (χ4v) is 1.43. The van der Waals surface area contributed by atoms with Crippen LogP contribution in [0.5, 0.6) is 5.75 Å². The molecule has 0 bridgehead atoms. The Hall–Kier alpha value is -2.20. The Labute approximate surface area is 111 Å². The van der Waals surface area contributed by atoms with Crippen LogP contribution in [-0.2, 0) is 0 Å². The SMILES string of the molecule is Cl.Nc1cc(NC(=O)c2ccccc2)ccc1O. The van der Waals surface area contributed by atoms with E-state index in [0.29, 0.717) is 11.3 Å². The predicted octanol–water partition coefficient (Wildman–Crippen LogP) is 2.65. The molecule has 0 saturated carbocycles. The number of nitrogen functional groups attached to an aromatic ring is 1. The van der Waals surface area contributed by atoms with Gasteiger partial charge in [0.05, 0.1) is 5.69 Å². The normalized spacial score (nSPS) is 9.33. The van der Waals surface area contributed by atoms with Crippen LogP contribution in [0.25, 0.3) is 0 Å². The maximum absolute atomic E-state index is 11.8. The first-order valence-corrected chi connectivity index (χ1v) is 5.12. The van der Waals surface area contributed by atoms with Crippen LogP contribution < -0.4 is 11.1 Å². The fourth-order valence-electron chi connectivity index (χ4n) is 1.43. The van der Waals surface area contributed by atoms with Gasteiger partial charge in [-0.25, -0.2) is 0 Å². The number of benzene rings is 2. The first-order chi connectivity index (χ1) is 8.16. The third-order valence-corrected chi connectivity index (χ3v) is 2.32. The lowest BCUT2D eigenvalue weighted by molar-refractivity contribution is 0.102. The molecule has 2 aromatic carbocycles. The molecule has 2 aromatic rings. The second-order valence-electron chi connectivity index (χ2n) is 3.59. The summed E-state index contributed by atoms with van der Waals surface area (Å²) in [4.78, 5) is 11.8. The molecule has 1 amide bonds. The van der Waals surface area contributed by atoms with Crippen LogP contribution >= 0.6 is 12.4 Å². The lowest BCUT2D eigenvalue weighted by Gasteiger charge is -2.06. The molecule has 5 heteroatoms. The summed E-state index contributed by atoms with van der Waals surface area (Å²) in [7, 11) is 0. The summed E-state index contributed by atoms with van der Waals surface area (Å²) in [5, 5.41) is 12.0. The fraction of sp³-hybridized carbons (Fsp3) is 0. The van der Waals surface area contributed by atoms with Crippen LogP contribution in [0.1, 0.15) is 10.4 Å². The highest BCUT2D eigenvalue weighted by Gasteiger charge is 2.06. The quantitative estimate of drug-likeness (QED) is 0.443. The first-order valence-electron chi connectivity index (χ1n) is 5.12. The number of aromatic hydroxyl groups is 1. The molecule has 0 aliphatic rings. The van der Waals surface area contributed by atoms with Crippen molar-refractivity contribution in [3.8, 4) is 5.75 Å². The molecule has 0 aliphatic carbocycles. The van der Waals surface area contributed by atoms with E-state index in [9.17, 15) is 9.90 Å². The summed E-state index contributed by atoms with van der Waals surface area (Å²) in [5.74, 6) is -0.210. The van der Waals surface area contributed by atoms with Gasteiger partial charge in [-0.15, -0.1) is 12.4 Å². The number of carbonyl (C=O) groups excluding carboxylic acids is 1. The molecular formula is C13H13ClN2O2. The molecule has 4 nitrogen and oxygen atoms in total. The van der Waals surface area contributed by atoms with E-state index < -0.39 is 0 Å². The molecule has 0 fully saturated rings. The van der Waals surface area contributed by atoms with Gasteiger partial charge in [0.2, 0.25) is 0 Å². The van der Waals surface area contributed by atoms with Gasteiger partial charge in [-0.05, 0) is 30.3 Å². The zero-order valence-electron chi connectivity index (χ0n) is 9.46. The number of halogens is 1. The number of hydrogen-bond donors (Lipinski definition) is 3. The molecule has 0 spiro atoms. The van der Waals surface area contributed by atoms with Gasteiger partial charge in [0.15, 0.2) is 0 Å². The van der Waals surface area contributed by atoms with Gasteiger partial charge in [0.1, 0.15) is 5.75 Å². The van der Waals surface area contributed by atoms with Crippen LogP contribution in [0.3, 0.4) is 0 Å². The van der Waals surface area contributed by atoms with Gasteiger partial charge in [-0.3, -0.25) is 4.79 Å². The van der Waals surface area contributed by atoms with E-state index in [0.717, 1.165) is 0 Å². The van der Waals surface area contributed by atoms with Crippen molar-refractivity contribution in [1.29, 1.82) is 0 Å². The summed E-state index contributed by atoms with van der Waals surface area (Å²) in [6.45, 7) is 0. The molecule has 94 valence electrons. The van der Waals surface area contributed by atoms with Gasteiger partial charge >= 0.3 is 0 Å². The lowest BCUT2D eigenvalue weighted by Crippen LogP contribution is -2.11. The Morgan fingerprint density at radius 2 is 1.78 bits per heavy atom. The molecule has 0 saturated heterocycles. The number of phenolic OH excluding ortho intramolecular Hbond substituents is 1. The van der Waals surface area contributed by atoms with E-state index in [1.54, 1.807) is 30.3 Å². The van der Waals surface area contributed by atoms with Crippen LogP contribution in [0.15, 0.2) is 48.5 Å². The van der Waals surface area contributed by atoms with Crippen molar-refractivity contribution in [3.05, 3.63) is 54.1 Å². The number of carbonyl (C=O) groups is 1. The number of nitrogens with one attached hydrogen (secondary N) is 1. The molecule has 0 aliphatic heterocycles. The number of nitrogens with two attached hydrogens (primary N) is 1. The zero-order chi connectivity index (χ0) is 12.3. The number of anilines is 2. The summed E-state index contributed by atoms with van der Waals surface area (Å²) in [6, 6.07) is 13.4. The van der Waals surface area contributed by atoms with E-state index in [1.165, 1.54) is 12.1 Å². The number of rotatable bonds is 2. The largest absolute Gasteiger partial charge is 0.506 e. The van der Waals surface area contributed by atoms with E-state index in [-0.39, 0.29) is 29.8 Å². The highest BCUT2D eigenvalue weighted by Crippen LogP contribution is 2.23. The molecule has 2 rings (SSSR count). The van der Waals surface area contributed by atoms with Crippen molar-refractivity contribution in [2.75, 3.05) is 11.1 Å². The number of hydrogen-bond acceptors (Lipinski definition) is 3. The number of amides is 1. The van der Waals surface area contributed by atoms with Crippen molar-refractivity contribution >= 4 is 29.7 Å². The van der Waals surface area contributed by atoms with Gasteiger partial charge in [-0.2, -0.15) is 0 Å². The van der Waals surface area contributed by atoms with E-state index in [2.05, 4.69) is 5.32 Å². The third-order valence-electron chi connectivity index (χ3n) is 2.32. The van der Waals surface area contributed by atoms with E-state index in [1.807, 2.05) is 6.07 Å². The summed E-state index contributed by atoms with van der Waals surface area (Å²) in [6.07, 6.45) is 0. The van der Waals surface area contributed by atoms with Crippen molar-refractivity contribution in [2.45, 2.75) is 0 Å². The van der Waals surface area contributed by atoms with Crippen molar-refractivity contribution in [3.63, 3.8) is 0 Å². The Morgan fingerprint density at radius 1 is 1.11 bits per heavy atom. The molecule has 0 aromatic heterocycles. The molecule has 4 N–H and O–H groups in total. The minimum atomic E-state index is -0.212. The van der Waals surface area contributed by atoms with Crippen molar-refractivity contribution in [2.24, 2.45) is 0 Å². The molecule has 0 atom stereocenters. The Morgan fingerprint density at radius 3 is 2.39 bits per heavy atom. The van der Waals surface area contributed by atoms with E-state index in [4.69, 9.17) is 5.73 Å². The van der Waals surface area contributed by atoms with Gasteiger partial charge in [-0.1, -0.05) is 18.2 Å². The zero-order valence-corrected chi connectivity index (χ0v) is 10.3. The maximum Gasteiger partial charge on any atom is 0.255 e. The number of phenols is 1. The molecular weight excluding hydrogens is 252 g/mol. The smallest absolute Gasteiger partial charge is 0.255 e. The average Bonchev–Trinajstić information content (AvgIpc) is 2.35. The van der Waals surface area contributed by atoms with Crippen LogP contribution in [0.2, 0.25) is 0 Å². The Kier molecular flexibility index (Phi) is 4.57. The average molecular weight is 265 g/mol. The maximum atomic E-state index is 11.8. The summed E-state index contributed by atoms with van der Waals surface area (Å²) < 4.78 is 0. The van der Waals surface area contributed by atoms with Crippen LogP contribution in [0, 0.1) is 0 Å². The highest BCUT2D eigenvalue weighted by atomic mass is 35.5.